The number of rotatable bonds is 3. The summed E-state index contributed by atoms with van der Waals surface area (Å²) in [5.41, 5.74) is 0. The molecule has 0 amide bonds. The van der Waals surface area contributed by atoms with E-state index >= 15 is 0 Å². The fourth-order valence-electron chi connectivity index (χ4n) is 1.89. The van der Waals surface area contributed by atoms with Crippen LogP contribution in [0.15, 0.2) is 0 Å². The molecule has 1 aliphatic rings. The van der Waals surface area contributed by atoms with Gasteiger partial charge in [-0.1, -0.05) is 6.92 Å². The highest BCUT2D eigenvalue weighted by Crippen LogP contribution is 2.36. The van der Waals surface area contributed by atoms with Crippen LogP contribution >= 0.6 is 0 Å². The highest BCUT2D eigenvalue weighted by atomic mass is 16.8. The van der Waals surface area contributed by atoms with Crippen LogP contribution in [0.5, 0.6) is 0 Å². The first-order chi connectivity index (χ1) is 6.40. The molecule has 1 heterocycles. The first-order valence-electron chi connectivity index (χ1n) is 4.99. The highest BCUT2D eigenvalue weighted by Gasteiger charge is 2.48. The molecule has 1 rings (SSSR count). The van der Waals surface area contributed by atoms with Gasteiger partial charge in [-0.2, -0.15) is 0 Å². The first-order valence-corrected chi connectivity index (χ1v) is 4.99. The van der Waals surface area contributed by atoms with Crippen LogP contribution in [0, 0.1) is 5.92 Å². The lowest BCUT2D eigenvalue weighted by Crippen LogP contribution is -2.41. The van der Waals surface area contributed by atoms with E-state index in [1.165, 1.54) is 0 Å². The van der Waals surface area contributed by atoms with Crippen molar-refractivity contribution in [1.82, 2.24) is 0 Å². The summed E-state index contributed by atoms with van der Waals surface area (Å²) in [5.74, 6) is -2.44. The number of hydrogen-bond donors (Lipinski definition) is 1. The van der Waals surface area contributed by atoms with Crippen molar-refractivity contribution in [2.45, 2.75) is 52.1 Å². The maximum absolute atomic E-state index is 11.0. The Morgan fingerprint density at radius 1 is 1.43 bits per heavy atom. The standard InChI is InChI=1S/C10H18O4/c1-5-8(9(11)12)10(4)13-6(2)7(3)14-10/h6-8H,5H2,1-4H3,(H,11,12). The van der Waals surface area contributed by atoms with Gasteiger partial charge in [-0.15, -0.1) is 0 Å². The Balaban J connectivity index is 2.79. The summed E-state index contributed by atoms with van der Waals surface area (Å²) >= 11 is 0. The van der Waals surface area contributed by atoms with Gasteiger partial charge >= 0.3 is 5.97 Å². The third kappa shape index (κ3) is 1.91. The summed E-state index contributed by atoms with van der Waals surface area (Å²) in [6, 6.07) is 0. The van der Waals surface area contributed by atoms with Gasteiger partial charge in [-0.3, -0.25) is 4.79 Å². The van der Waals surface area contributed by atoms with Crippen LogP contribution in [0.25, 0.3) is 0 Å². The summed E-state index contributed by atoms with van der Waals surface area (Å²) in [5, 5.41) is 9.01. The van der Waals surface area contributed by atoms with E-state index in [0.29, 0.717) is 6.42 Å². The van der Waals surface area contributed by atoms with Crippen LogP contribution < -0.4 is 0 Å². The minimum absolute atomic E-state index is 0.0478. The van der Waals surface area contributed by atoms with Gasteiger partial charge in [0.2, 0.25) is 0 Å². The predicted octanol–water partition coefficient (Wildman–Crippen LogP) is 1.64. The highest BCUT2D eigenvalue weighted by molar-refractivity contribution is 5.71. The number of hydrogen-bond acceptors (Lipinski definition) is 3. The molecule has 1 N–H and O–H groups in total. The lowest BCUT2D eigenvalue weighted by atomic mass is 9.97. The summed E-state index contributed by atoms with van der Waals surface area (Å²) < 4.78 is 11.1. The number of aliphatic carboxylic acids is 1. The molecule has 14 heavy (non-hydrogen) atoms. The van der Waals surface area contributed by atoms with Crippen molar-refractivity contribution in [1.29, 1.82) is 0 Å². The molecule has 3 unspecified atom stereocenters. The van der Waals surface area contributed by atoms with E-state index in [0.717, 1.165) is 0 Å². The van der Waals surface area contributed by atoms with Crippen LogP contribution in [0.4, 0.5) is 0 Å². The smallest absolute Gasteiger partial charge is 0.311 e. The Morgan fingerprint density at radius 3 is 2.14 bits per heavy atom. The maximum Gasteiger partial charge on any atom is 0.311 e. The number of ether oxygens (including phenoxy) is 2. The molecule has 0 radical (unpaired) electrons. The fourth-order valence-corrected chi connectivity index (χ4v) is 1.89. The topological polar surface area (TPSA) is 55.8 Å². The van der Waals surface area contributed by atoms with Crippen molar-refractivity contribution in [3.8, 4) is 0 Å². The third-order valence-electron chi connectivity index (χ3n) is 2.84. The van der Waals surface area contributed by atoms with Crippen molar-refractivity contribution >= 4 is 5.97 Å². The molecule has 82 valence electrons. The molecule has 0 spiro atoms. The summed E-state index contributed by atoms with van der Waals surface area (Å²) in [7, 11) is 0. The van der Waals surface area contributed by atoms with Gasteiger partial charge in [0.25, 0.3) is 0 Å². The Kier molecular flexibility index (Phi) is 3.17. The molecule has 4 heteroatoms. The zero-order chi connectivity index (χ0) is 10.9. The Bertz CT molecular complexity index is 216. The predicted molar refractivity (Wildman–Crippen MR) is 50.9 cm³/mol. The van der Waals surface area contributed by atoms with E-state index < -0.39 is 17.7 Å². The van der Waals surface area contributed by atoms with Crippen molar-refractivity contribution in [2.24, 2.45) is 5.92 Å². The van der Waals surface area contributed by atoms with Gasteiger partial charge < -0.3 is 14.6 Å². The van der Waals surface area contributed by atoms with Crippen LogP contribution in [0.2, 0.25) is 0 Å². The molecule has 1 saturated heterocycles. The van der Waals surface area contributed by atoms with Crippen LogP contribution in [0.3, 0.4) is 0 Å². The average molecular weight is 202 g/mol. The van der Waals surface area contributed by atoms with Gasteiger partial charge in [-0.05, 0) is 27.2 Å². The third-order valence-corrected chi connectivity index (χ3v) is 2.84. The number of carbonyl (C=O) groups is 1. The van der Waals surface area contributed by atoms with Crippen LogP contribution in [-0.2, 0) is 14.3 Å². The van der Waals surface area contributed by atoms with Crippen LogP contribution in [-0.4, -0.2) is 29.1 Å². The van der Waals surface area contributed by atoms with Gasteiger partial charge in [-0.25, -0.2) is 0 Å². The quantitative estimate of drug-likeness (QED) is 0.755. The number of carboxylic acid groups (broad SMARTS) is 1. The molecule has 0 aliphatic carbocycles. The SMILES string of the molecule is CCC(C(=O)O)C1(C)OC(C)C(C)O1. The molecule has 4 nitrogen and oxygen atoms in total. The minimum atomic E-state index is -0.973. The molecule has 0 aromatic carbocycles. The van der Waals surface area contributed by atoms with Gasteiger partial charge in [0.05, 0.1) is 12.2 Å². The normalized spacial score (nSPS) is 39.7. The second-order valence-electron chi connectivity index (χ2n) is 3.96. The summed E-state index contributed by atoms with van der Waals surface area (Å²) in [4.78, 5) is 11.0. The van der Waals surface area contributed by atoms with E-state index in [9.17, 15) is 4.79 Å². The number of carboxylic acids is 1. The molecule has 0 aromatic heterocycles. The Labute approximate surface area is 84.2 Å². The molecule has 3 atom stereocenters. The largest absolute Gasteiger partial charge is 0.481 e. The van der Waals surface area contributed by atoms with Gasteiger partial charge in [0.1, 0.15) is 5.92 Å². The molecular formula is C10H18O4. The lowest BCUT2D eigenvalue weighted by molar-refractivity contribution is -0.207. The fraction of sp³-hybridized carbons (Fsp3) is 0.900. The summed E-state index contributed by atoms with van der Waals surface area (Å²) in [6.07, 6.45) is 0.410. The molecular weight excluding hydrogens is 184 g/mol. The zero-order valence-electron chi connectivity index (χ0n) is 9.11. The van der Waals surface area contributed by atoms with E-state index in [2.05, 4.69) is 0 Å². The van der Waals surface area contributed by atoms with Gasteiger partial charge in [0.15, 0.2) is 5.79 Å². The minimum Gasteiger partial charge on any atom is -0.481 e. The molecule has 0 bridgehead atoms. The Morgan fingerprint density at radius 2 is 1.86 bits per heavy atom. The average Bonchev–Trinajstić information content (AvgIpc) is 2.26. The summed E-state index contributed by atoms with van der Waals surface area (Å²) in [6.45, 7) is 7.31. The van der Waals surface area contributed by atoms with E-state index in [4.69, 9.17) is 14.6 Å². The van der Waals surface area contributed by atoms with E-state index in [-0.39, 0.29) is 12.2 Å². The van der Waals surface area contributed by atoms with Gasteiger partial charge in [0, 0.05) is 0 Å². The van der Waals surface area contributed by atoms with Crippen LogP contribution in [0.1, 0.15) is 34.1 Å². The van der Waals surface area contributed by atoms with E-state index in [1.807, 2.05) is 20.8 Å². The maximum atomic E-state index is 11.0. The van der Waals surface area contributed by atoms with Crippen molar-refractivity contribution in [2.75, 3.05) is 0 Å². The van der Waals surface area contributed by atoms with Crippen molar-refractivity contribution in [3.05, 3.63) is 0 Å². The van der Waals surface area contributed by atoms with E-state index in [1.54, 1.807) is 6.92 Å². The Hall–Kier alpha value is -0.610. The second-order valence-corrected chi connectivity index (χ2v) is 3.96. The zero-order valence-corrected chi connectivity index (χ0v) is 9.11. The molecule has 1 fully saturated rings. The van der Waals surface area contributed by atoms with Crippen molar-refractivity contribution in [3.63, 3.8) is 0 Å². The second kappa shape index (κ2) is 3.87. The monoisotopic (exact) mass is 202 g/mol. The molecule has 1 aliphatic heterocycles. The lowest BCUT2D eigenvalue weighted by Gasteiger charge is -2.29. The first kappa shape index (κ1) is 11.5. The molecule has 0 aromatic rings. The molecule has 0 saturated carbocycles. The van der Waals surface area contributed by atoms with Crippen molar-refractivity contribution < 1.29 is 19.4 Å².